The quantitative estimate of drug-likeness (QED) is 0.614. The number of nitrogens with zero attached hydrogens (tertiary/aromatic N) is 3. The molecule has 0 aliphatic carbocycles. The largest absolute Gasteiger partial charge is 0.356 e. The molecule has 15 heavy (non-hydrogen) atoms. The second-order valence-corrected chi connectivity index (χ2v) is 3.45. The molecule has 0 aliphatic heterocycles. The molecule has 1 aromatic heterocycles. The third-order valence-corrected chi connectivity index (χ3v) is 2.14. The Labute approximate surface area is 88.8 Å². The Kier molecular flexibility index (Phi) is 4.76. The molecule has 0 aliphatic rings. The topological polar surface area (TPSA) is 85.8 Å². The average molecular weight is 211 g/mol. The average Bonchev–Trinajstić information content (AvgIpc) is 2.75. The van der Waals surface area contributed by atoms with Crippen LogP contribution in [0.5, 0.6) is 0 Å². The fourth-order valence-corrected chi connectivity index (χ4v) is 1.09. The van der Waals surface area contributed by atoms with Crippen LogP contribution >= 0.6 is 0 Å². The van der Waals surface area contributed by atoms with E-state index in [1.54, 1.807) is 17.1 Å². The molecule has 0 aromatic carbocycles. The molecule has 0 fully saturated rings. The van der Waals surface area contributed by atoms with Gasteiger partial charge >= 0.3 is 0 Å². The first-order valence-corrected chi connectivity index (χ1v) is 5.06. The molecule has 3 N–H and O–H groups in total. The molecule has 6 nitrogen and oxygen atoms in total. The second kappa shape index (κ2) is 6.13. The molecular weight excluding hydrogens is 194 g/mol. The van der Waals surface area contributed by atoms with Crippen molar-refractivity contribution < 1.29 is 4.79 Å². The van der Waals surface area contributed by atoms with E-state index >= 15 is 0 Å². The molecule has 1 rings (SSSR count). The minimum atomic E-state index is -0.114. The number of aryl methyl sites for hydroxylation is 1. The summed E-state index contributed by atoms with van der Waals surface area (Å²) >= 11 is 0. The molecule has 0 radical (unpaired) electrons. The van der Waals surface area contributed by atoms with Crippen molar-refractivity contribution in [3.05, 3.63) is 12.4 Å². The summed E-state index contributed by atoms with van der Waals surface area (Å²) in [6.07, 6.45) is 4.27. The molecule has 1 heterocycles. The standard InChI is InChI=1S/C9H17N5O/c1-8(7-10)9(15)11-3-2-5-14-6-4-12-13-14/h4,6,8H,2-3,5,7,10H2,1H3,(H,11,15). The number of aromatic nitrogens is 3. The first-order valence-electron chi connectivity index (χ1n) is 5.06. The van der Waals surface area contributed by atoms with Crippen LogP contribution < -0.4 is 11.1 Å². The van der Waals surface area contributed by atoms with Gasteiger partial charge in [-0.2, -0.15) is 0 Å². The van der Waals surface area contributed by atoms with Crippen molar-refractivity contribution in [2.45, 2.75) is 19.9 Å². The third kappa shape index (κ3) is 4.07. The SMILES string of the molecule is CC(CN)C(=O)NCCCn1ccnn1. The number of carbonyl (C=O) groups excluding carboxylic acids is 1. The summed E-state index contributed by atoms with van der Waals surface area (Å²) < 4.78 is 1.73. The van der Waals surface area contributed by atoms with E-state index in [1.807, 2.05) is 6.92 Å². The van der Waals surface area contributed by atoms with Gasteiger partial charge in [0.15, 0.2) is 0 Å². The number of amides is 1. The van der Waals surface area contributed by atoms with Crippen molar-refractivity contribution in [3.8, 4) is 0 Å². The van der Waals surface area contributed by atoms with E-state index in [0.717, 1.165) is 13.0 Å². The summed E-state index contributed by atoms with van der Waals surface area (Å²) in [5.74, 6) is -0.104. The van der Waals surface area contributed by atoms with Crippen molar-refractivity contribution in [2.24, 2.45) is 11.7 Å². The van der Waals surface area contributed by atoms with Gasteiger partial charge in [0, 0.05) is 31.7 Å². The number of hydrogen-bond donors (Lipinski definition) is 2. The summed E-state index contributed by atoms with van der Waals surface area (Å²) in [7, 11) is 0. The lowest BCUT2D eigenvalue weighted by Crippen LogP contribution is -2.34. The highest BCUT2D eigenvalue weighted by Crippen LogP contribution is 1.91. The number of hydrogen-bond acceptors (Lipinski definition) is 4. The fourth-order valence-electron chi connectivity index (χ4n) is 1.09. The zero-order chi connectivity index (χ0) is 11.1. The van der Waals surface area contributed by atoms with Crippen molar-refractivity contribution in [3.63, 3.8) is 0 Å². The molecular formula is C9H17N5O. The Hall–Kier alpha value is -1.43. The minimum absolute atomic E-state index is 0.0103. The zero-order valence-corrected chi connectivity index (χ0v) is 8.89. The first kappa shape index (κ1) is 11.6. The zero-order valence-electron chi connectivity index (χ0n) is 8.89. The van der Waals surface area contributed by atoms with Crippen LogP contribution in [0.25, 0.3) is 0 Å². The van der Waals surface area contributed by atoms with Gasteiger partial charge in [-0.25, -0.2) is 0 Å². The van der Waals surface area contributed by atoms with Gasteiger partial charge in [-0.3, -0.25) is 9.48 Å². The van der Waals surface area contributed by atoms with Crippen LogP contribution in [0, 0.1) is 5.92 Å². The Balaban J connectivity index is 2.09. The molecule has 1 amide bonds. The lowest BCUT2D eigenvalue weighted by atomic mass is 10.2. The fraction of sp³-hybridized carbons (Fsp3) is 0.667. The predicted molar refractivity (Wildman–Crippen MR) is 55.9 cm³/mol. The van der Waals surface area contributed by atoms with Crippen LogP contribution in [-0.2, 0) is 11.3 Å². The van der Waals surface area contributed by atoms with Gasteiger partial charge in [-0.1, -0.05) is 12.1 Å². The number of nitrogens with one attached hydrogen (secondary N) is 1. The van der Waals surface area contributed by atoms with E-state index in [-0.39, 0.29) is 11.8 Å². The van der Waals surface area contributed by atoms with Crippen molar-refractivity contribution in [1.29, 1.82) is 0 Å². The molecule has 0 saturated carbocycles. The van der Waals surface area contributed by atoms with E-state index < -0.39 is 0 Å². The Bertz CT molecular complexity index is 285. The lowest BCUT2D eigenvalue weighted by Gasteiger charge is -2.09. The van der Waals surface area contributed by atoms with Crippen LogP contribution in [-0.4, -0.2) is 34.0 Å². The van der Waals surface area contributed by atoms with Crippen molar-refractivity contribution in [2.75, 3.05) is 13.1 Å². The van der Waals surface area contributed by atoms with Gasteiger partial charge in [0.1, 0.15) is 0 Å². The summed E-state index contributed by atoms with van der Waals surface area (Å²) in [4.78, 5) is 11.3. The Morgan fingerprint density at radius 3 is 3.07 bits per heavy atom. The maximum absolute atomic E-state index is 11.3. The van der Waals surface area contributed by atoms with Crippen LogP contribution in [0.3, 0.4) is 0 Å². The molecule has 1 atom stereocenters. The van der Waals surface area contributed by atoms with Gasteiger partial charge in [-0.05, 0) is 6.42 Å². The van der Waals surface area contributed by atoms with Gasteiger partial charge in [0.05, 0.1) is 6.20 Å². The van der Waals surface area contributed by atoms with E-state index in [9.17, 15) is 4.79 Å². The predicted octanol–water partition coefficient (Wildman–Crippen LogP) is -0.621. The second-order valence-electron chi connectivity index (χ2n) is 3.45. The van der Waals surface area contributed by atoms with E-state index in [0.29, 0.717) is 13.1 Å². The van der Waals surface area contributed by atoms with Gasteiger partial charge in [0.2, 0.25) is 5.91 Å². The van der Waals surface area contributed by atoms with Crippen LogP contribution in [0.15, 0.2) is 12.4 Å². The molecule has 6 heteroatoms. The van der Waals surface area contributed by atoms with Crippen LogP contribution in [0.1, 0.15) is 13.3 Å². The molecule has 0 saturated heterocycles. The number of rotatable bonds is 6. The van der Waals surface area contributed by atoms with Gasteiger partial charge in [0.25, 0.3) is 0 Å². The molecule has 0 spiro atoms. The minimum Gasteiger partial charge on any atom is -0.356 e. The maximum atomic E-state index is 11.3. The highest BCUT2D eigenvalue weighted by molar-refractivity contribution is 5.78. The van der Waals surface area contributed by atoms with Crippen molar-refractivity contribution in [1.82, 2.24) is 20.3 Å². The lowest BCUT2D eigenvalue weighted by molar-refractivity contribution is -0.124. The van der Waals surface area contributed by atoms with Crippen LogP contribution in [0.2, 0.25) is 0 Å². The highest BCUT2D eigenvalue weighted by Gasteiger charge is 2.08. The third-order valence-electron chi connectivity index (χ3n) is 2.14. The Morgan fingerprint density at radius 2 is 2.47 bits per heavy atom. The van der Waals surface area contributed by atoms with E-state index in [4.69, 9.17) is 5.73 Å². The normalized spacial score (nSPS) is 12.4. The van der Waals surface area contributed by atoms with Crippen LogP contribution in [0.4, 0.5) is 0 Å². The van der Waals surface area contributed by atoms with Gasteiger partial charge < -0.3 is 11.1 Å². The summed E-state index contributed by atoms with van der Waals surface area (Å²) in [6, 6.07) is 0. The molecule has 1 unspecified atom stereocenters. The molecule has 0 bridgehead atoms. The summed E-state index contributed by atoms with van der Waals surface area (Å²) in [6.45, 7) is 3.60. The van der Waals surface area contributed by atoms with Gasteiger partial charge in [-0.15, -0.1) is 5.10 Å². The smallest absolute Gasteiger partial charge is 0.224 e. The number of carbonyl (C=O) groups is 1. The van der Waals surface area contributed by atoms with E-state index in [1.165, 1.54) is 0 Å². The van der Waals surface area contributed by atoms with E-state index in [2.05, 4.69) is 15.6 Å². The molecule has 1 aromatic rings. The number of nitrogens with two attached hydrogens (primary N) is 1. The summed E-state index contributed by atoms with van der Waals surface area (Å²) in [5, 5.41) is 10.3. The highest BCUT2D eigenvalue weighted by atomic mass is 16.1. The molecule has 84 valence electrons. The Morgan fingerprint density at radius 1 is 1.67 bits per heavy atom. The first-order chi connectivity index (χ1) is 7.24. The maximum Gasteiger partial charge on any atom is 0.224 e. The van der Waals surface area contributed by atoms with Crippen molar-refractivity contribution >= 4 is 5.91 Å². The summed E-state index contributed by atoms with van der Waals surface area (Å²) in [5.41, 5.74) is 5.37. The monoisotopic (exact) mass is 211 g/mol.